The maximum atomic E-state index is 14.8. The number of rotatable bonds is 6. The molecule has 160 valence electrons. The van der Waals surface area contributed by atoms with Crippen molar-refractivity contribution in [1.82, 2.24) is 19.8 Å². The molecule has 32 heavy (non-hydrogen) atoms. The van der Waals surface area contributed by atoms with Crippen LogP contribution in [0.1, 0.15) is 23.6 Å². The fourth-order valence-corrected chi connectivity index (χ4v) is 3.50. The summed E-state index contributed by atoms with van der Waals surface area (Å²) in [6.07, 6.45) is 0.707. The predicted molar refractivity (Wildman–Crippen MR) is 117 cm³/mol. The summed E-state index contributed by atoms with van der Waals surface area (Å²) in [6.45, 7) is 2.05. The maximum absolute atomic E-state index is 14.8. The molecule has 0 amide bonds. The van der Waals surface area contributed by atoms with Crippen LogP contribution in [0.5, 0.6) is 5.75 Å². The van der Waals surface area contributed by atoms with E-state index in [0.717, 1.165) is 21.4 Å². The van der Waals surface area contributed by atoms with Gasteiger partial charge < -0.3 is 4.74 Å². The largest absolute Gasteiger partial charge is 0.486 e. The highest BCUT2D eigenvalue weighted by Gasteiger charge is 2.16. The van der Waals surface area contributed by atoms with Crippen LogP contribution >= 0.6 is 0 Å². The van der Waals surface area contributed by atoms with Gasteiger partial charge in [0.15, 0.2) is 11.6 Å². The standard InChI is InChI=1S/C24H20FN5O2/c1-3-17-7-5-9-22(30-24(31)29(2)27-28-30)20(17)15-32-23-11-10-19(13-21(23)25)18-8-4-6-16(12-18)14-26/h4-13H,3,15H2,1-2H3. The zero-order valence-electron chi connectivity index (χ0n) is 17.6. The molecule has 0 aliphatic carbocycles. The van der Waals surface area contributed by atoms with Crippen LogP contribution in [0.2, 0.25) is 0 Å². The number of nitriles is 1. The molecule has 0 bridgehead atoms. The Bertz CT molecular complexity index is 1380. The Kier molecular flexibility index (Phi) is 5.81. The molecule has 3 aromatic carbocycles. The van der Waals surface area contributed by atoms with Gasteiger partial charge in [0.05, 0.1) is 17.3 Å². The van der Waals surface area contributed by atoms with Crippen molar-refractivity contribution < 1.29 is 9.13 Å². The number of tetrazole rings is 1. The lowest BCUT2D eigenvalue weighted by molar-refractivity contribution is 0.289. The van der Waals surface area contributed by atoms with Gasteiger partial charge in [0.1, 0.15) is 6.61 Å². The van der Waals surface area contributed by atoms with Crippen molar-refractivity contribution in [3.63, 3.8) is 0 Å². The Morgan fingerprint density at radius 2 is 1.84 bits per heavy atom. The SMILES string of the molecule is CCc1cccc(-n2nnn(C)c2=O)c1COc1ccc(-c2cccc(C#N)c2)cc1F. The monoisotopic (exact) mass is 429 g/mol. The Morgan fingerprint density at radius 3 is 2.53 bits per heavy atom. The molecule has 4 rings (SSSR count). The first-order valence-corrected chi connectivity index (χ1v) is 10.0. The number of benzene rings is 3. The number of nitrogens with zero attached hydrogens (tertiary/aromatic N) is 5. The minimum Gasteiger partial charge on any atom is -0.486 e. The third-order valence-corrected chi connectivity index (χ3v) is 5.21. The lowest BCUT2D eigenvalue weighted by atomic mass is 10.0. The molecule has 0 unspecified atom stereocenters. The molecule has 4 aromatic rings. The topological polar surface area (TPSA) is 85.7 Å². The van der Waals surface area contributed by atoms with Crippen LogP contribution in [0, 0.1) is 17.1 Å². The Morgan fingerprint density at radius 1 is 1.06 bits per heavy atom. The number of aromatic nitrogens is 4. The van der Waals surface area contributed by atoms with Gasteiger partial charge in [-0.25, -0.2) is 9.18 Å². The fraction of sp³-hybridized carbons (Fsp3) is 0.167. The van der Waals surface area contributed by atoms with Gasteiger partial charge in [-0.2, -0.15) is 14.6 Å². The summed E-state index contributed by atoms with van der Waals surface area (Å²) >= 11 is 0. The summed E-state index contributed by atoms with van der Waals surface area (Å²) in [5.41, 5.74) is 3.77. The summed E-state index contributed by atoms with van der Waals surface area (Å²) in [4.78, 5) is 12.3. The molecule has 1 heterocycles. The van der Waals surface area contributed by atoms with E-state index in [4.69, 9.17) is 10.00 Å². The van der Waals surface area contributed by atoms with Crippen molar-refractivity contribution in [3.8, 4) is 28.6 Å². The molecule has 0 saturated heterocycles. The van der Waals surface area contributed by atoms with Crippen LogP contribution in [0.4, 0.5) is 4.39 Å². The molecule has 0 N–H and O–H groups in total. The average Bonchev–Trinajstić information content (AvgIpc) is 3.16. The second-order valence-corrected chi connectivity index (χ2v) is 7.19. The third-order valence-electron chi connectivity index (χ3n) is 5.21. The van der Waals surface area contributed by atoms with Gasteiger partial charge >= 0.3 is 5.69 Å². The summed E-state index contributed by atoms with van der Waals surface area (Å²) in [6, 6.07) is 19.3. The normalized spacial score (nSPS) is 10.7. The number of hydrogen-bond donors (Lipinski definition) is 0. The lowest BCUT2D eigenvalue weighted by Gasteiger charge is -2.15. The molecule has 0 aliphatic heterocycles. The van der Waals surface area contributed by atoms with Crippen molar-refractivity contribution in [2.45, 2.75) is 20.0 Å². The highest BCUT2D eigenvalue weighted by Crippen LogP contribution is 2.28. The highest BCUT2D eigenvalue weighted by molar-refractivity contribution is 5.66. The van der Waals surface area contributed by atoms with Crippen molar-refractivity contribution in [2.24, 2.45) is 7.05 Å². The van der Waals surface area contributed by atoms with E-state index in [1.165, 1.54) is 17.8 Å². The van der Waals surface area contributed by atoms with Crippen molar-refractivity contribution >= 4 is 0 Å². The first-order chi connectivity index (χ1) is 15.5. The zero-order chi connectivity index (χ0) is 22.7. The van der Waals surface area contributed by atoms with Crippen molar-refractivity contribution in [3.05, 3.63) is 93.7 Å². The van der Waals surface area contributed by atoms with E-state index in [9.17, 15) is 9.18 Å². The van der Waals surface area contributed by atoms with Crippen LogP contribution in [-0.4, -0.2) is 19.8 Å². The van der Waals surface area contributed by atoms with Gasteiger partial charge in [0.2, 0.25) is 0 Å². The molecule has 0 spiro atoms. The van der Waals surface area contributed by atoms with Crippen molar-refractivity contribution in [1.29, 1.82) is 5.26 Å². The number of hydrogen-bond acceptors (Lipinski definition) is 5. The van der Waals surface area contributed by atoms with E-state index in [0.29, 0.717) is 23.2 Å². The van der Waals surface area contributed by atoms with Gasteiger partial charge in [0, 0.05) is 12.6 Å². The van der Waals surface area contributed by atoms with Gasteiger partial charge in [0.25, 0.3) is 0 Å². The smallest absolute Gasteiger partial charge is 0.368 e. The first-order valence-electron chi connectivity index (χ1n) is 10.0. The first kappa shape index (κ1) is 21.0. The third kappa shape index (κ3) is 4.01. The molecule has 8 heteroatoms. The highest BCUT2D eigenvalue weighted by atomic mass is 19.1. The number of aryl methyl sites for hydroxylation is 2. The molecule has 0 aliphatic rings. The number of halogens is 1. The fourth-order valence-electron chi connectivity index (χ4n) is 3.50. The summed E-state index contributed by atoms with van der Waals surface area (Å²) in [5.74, 6) is -0.425. The molecule has 7 nitrogen and oxygen atoms in total. The van der Waals surface area contributed by atoms with Crippen LogP contribution in [0.3, 0.4) is 0 Å². The van der Waals surface area contributed by atoms with E-state index >= 15 is 0 Å². The molecule has 1 aromatic heterocycles. The molecule has 0 fully saturated rings. The molecule has 0 atom stereocenters. The molecule has 0 radical (unpaired) electrons. The Labute approximate surface area is 183 Å². The Hall–Kier alpha value is -4.25. The van der Waals surface area contributed by atoms with E-state index in [-0.39, 0.29) is 18.0 Å². The summed E-state index contributed by atoms with van der Waals surface area (Å²) in [7, 11) is 1.52. The van der Waals surface area contributed by atoms with Gasteiger partial charge in [-0.05, 0) is 63.9 Å². The van der Waals surface area contributed by atoms with Crippen LogP contribution in [-0.2, 0) is 20.1 Å². The van der Waals surface area contributed by atoms with Gasteiger partial charge in [-0.15, -0.1) is 0 Å². The second-order valence-electron chi connectivity index (χ2n) is 7.19. The lowest BCUT2D eigenvalue weighted by Crippen LogP contribution is -2.23. The minimum absolute atomic E-state index is 0.0581. The molecular formula is C24H20FN5O2. The summed E-state index contributed by atoms with van der Waals surface area (Å²) in [5, 5.41) is 16.8. The Balaban J connectivity index is 1.63. The van der Waals surface area contributed by atoms with Crippen LogP contribution in [0.15, 0.2) is 65.5 Å². The number of ether oxygens (including phenoxy) is 1. The zero-order valence-corrected chi connectivity index (χ0v) is 17.6. The quantitative estimate of drug-likeness (QED) is 0.466. The van der Waals surface area contributed by atoms with E-state index in [1.807, 2.05) is 25.1 Å². The van der Waals surface area contributed by atoms with E-state index in [2.05, 4.69) is 16.5 Å². The van der Waals surface area contributed by atoms with E-state index in [1.54, 1.807) is 36.4 Å². The van der Waals surface area contributed by atoms with E-state index < -0.39 is 5.82 Å². The second kappa shape index (κ2) is 8.86. The molecule has 0 saturated carbocycles. The van der Waals surface area contributed by atoms with Gasteiger partial charge in [-0.1, -0.05) is 37.3 Å². The van der Waals surface area contributed by atoms with Gasteiger partial charge in [-0.3, -0.25) is 0 Å². The molecular weight excluding hydrogens is 409 g/mol. The van der Waals surface area contributed by atoms with Crippen LogP contribution in [0.25, 0.3) is 16.8 Å². The van der Waals surface area contributed by atoms with Crippen LogP contribution < -0.4 is 10.4 Å². The minimum atomic E-state index is -0.517. The predicted octanol–water partition coefficient (Wildman–Crippen LogP) is 3.79. The van der Waals surface area contributed by atoms with Crippen molar-refractivity contribution in [2.75, 3.05) is 0 Å². The average molecular weight is 429 g/mol. The summed E-state index contributed by atoms with van der Waals surface area (Å²) < 4.78 is 23.0. The maximum Gasteiger partial charge on any atom is 0.368 e.